The summed E-state index contributed by atoms with van der Waals surface area (Å²) in [5.74, 6) is -0.625. The molecule has 0 radical (unpaired) electrons. The Morgan fingerprint density at radius 1 is 1.47 bits per heavy atom. The topological polar surface area (TPSA) is 20.2 Å². The molecule has 0 bridgehead atoms. The van der Waals surface area contributed by atoms with Crippen molar-refractivity contribution in [3.05, 3.63) is 36.0 Å². The zero-order valence-corrected chi connectivity index (χ0v) is 10.1. The Bertz CT molecular complexity index is 379. The Morgan fingerprint density at radius 3 is 2.41 bits per heavy atom. The first-order valence-corrected chi connectivity index (χ1v) is 5.41. The van der Waals surface area contributed by atoms with Crippen LogP contribution in [0.25, 0.3) is 0 Å². The van der Waals surface area contributed by atoms with E-state index >= 15 is 0 Å². The second kappa shape index (κ2) is 4.33. The molecule has 4 heteroatoms. The van der Waals surface area contributed by atoms with Gasteiger partial charge in [-0.1, -0.05) is 24.3 Å². The van der Waals surface area contributed by atoms with E-state index in [9.17, 15) is 18.3 Å². The van der Waals surface area contributed by atoms with Crippen molar-refractivity contribution in [2.75, 3.05) is 0 Å². The number of rotatable bonds is 2. The van der Waals surface area contributed by atoms with Crippen LogP contribution in [0.4, 0.5) is 13.2 Å². The number of halogens is 3. The Kier molecular flexibility index (Phi) is 3.58. The van der Waals surface area contributed by atoms with Crippen LogP contribution < -0.4 is 0 Å². The summed E-state index contributed by atoms with van der Waals surface area (Å²) in [6.07, 6.45) is -2.20. The van der Waals surface area contributed by atoms with Crippen molar-refractivity contribution in [3.8, 4) is 0 Å². The Hall–Kier alpha value is -1.03. The van der Waals surface area contributed by atoms with E-state index in [1.807, 2.05) is 0 Å². The maximum Gasteiger partial charge on any atom is 0.415 e. The van der Waals surface area contributed by atoms with Gasteiger partial charge in [0, 0.05) is 5.92 Å². The van der Waals surface area contributed by atoms with Crippen molar-refractivity contribution in [1.29, 1.82) is 0 Å². The monoisotopic (exact) mass is 246 g/mol. The number of hydrogen-bond acceptors (Lipinski definition) is 1. The lowest BCUT2D eigenvalue weighted by Gasteiger charge is -2.40. The first kappa shape index (κ1) is 14.0. The predicted octanol–water partition coefficient (Wildman–Crippen LogP) is 3.77. The Balaban J connectivity index is 3.24. The van der Waals surface area contributed by atoms with Crippen LogP contribution in [-0.4, -0.2) is 16.9 Å². The molecule has 0 aromatic carbocycles. The van der Waals surface area contributed by atoms with Gasteiger partial charge in [0.1, 0.15) is 5.60 Å². The minimum absolute atomic E-state index is 0.462. The van der Waals surface area contributed by atoms with Crippen molar-refractivity contribution in [1.82, 2.24) is 0 Å². The van der Waals surface area contributed by atoms with Crippen molar-refractivity contribution in [2.45, 2.75) is 38.5 Å². The number of alkyl halides is 3. The summed E-state index contributed by atoms with van der Waals surface area (Å²) in [6.45, 7) is 10.0. The summed E-state index contributed by atoms with van der Waals surface area (Å²) in [4.78, 5) is 0. The van der Waals surface area contributed by atoms with Crippen LogP contribution in [0.3, 0.4) is 0 Å². The zero-order chi connectivity index (χ0) is 13.4. The van der Waals surface area contributed by atoms with Gasteiger partial charge in [0.25, 0.3) is 0 Å². The largest absolute Gasteiger partial charge is 0.415 e. The molecule has 1 N–H and O–H groups in total. The van der Waals surface area contributed by atoms with Crippen molar-refractivity contribution < 1.29 is 18.3 Å². The van der Waals surface area contributed by atoms with Crippen LogP contribution >= 0.6 is 0 Å². The lowest BCUT2D eigenvalue weighted by molar-refractivity contribution is -0.120. The zero-order valence-electron chi connectivity index (χ0n) is 10.1. The highest BCUT2D eigenvalue weighted by molar-refractivity contribution is 5.35. The van der Waals surface area contributed by atoms with E-state index in [-0.39, 0.29) is 0 Å². The van der Waals surface area contributed by atoms with Gasteiger partial charge in [0.2, 0.25) is 0 Å². The van der Waals surface area contributed by atoms with Gasteiger partial charge < -0.3 is 5.11 Å². The maximum atomic E-state index is 12.7. The fraction of sp³-hybridized carbons (Fsp3) is 0.538. The third-order valence-electron chi connectivity index (χ3n) is 3.25. The molecule has 0 fully saturated rings. The van der Waals surface area contributed by atoms with Crippen LogP contribution in [-0.2, 0) is 0 Å². The molecule has 1 rings (SSSR count). The minimum Gasteiger partial charge on any atom is -0.380 e. The lowest BCUT2D eigenvalue weighted by atomic mass is 9.70. The normalized spacial score (nSPS) is 29.8. The Labute approximate surface area is 99.3 Å². The maximum absolute atomic E-state index is 12.7. The summed E-state index contributed by atoms with van der Waals surface area (Å²) >= 11 is 0. The lowest BCUT2D eigenvalue weighted by Crippen LogP contribution is -2.45. The molecule has 0 saturated carbocycles. The molecular formula is C13H17F3O. The van der Waals surface area contributed by atoms with E-state index in [1.165, 1.54) is 6.08 Å². The second-order valence-electron chi connectivity index (χ2n) is 4.73. The minimum atomic E-state index is -4.60. The molecule has 2 atom stereocenters. The fourth-order valence-electron chi connectivity index (χ4n) is 2.29. The molecule has 0 heterocycles. The average Bonchev–Trinajstić information content (AvgIpc) is 2.14. The number of hydrogen-bond donors (Lipinski definition) is 1. The van der Waals surface area contributed by atoms with E-state index in [2.05, 4.69) is 13.2 Å². The quantitative estimate of drug-likeness (QED) is 0.735. The molecule has 17 heavy (non-hydrogen) atoms. The van der Waals surface area contributed by atoms with Crippen molar-refractivity contribution in [2.24, 2.45) is 5.92 Å². The molecule has 0 aromatic heterocycles. The predicted molar refractivity (Wildman–Crippen MR) is 61.4 cm³/mol. The molecular weight excluding hydrogens is 229 g/mol. The van der Waals surface area contributed by atoms with Crippen LogP contribution in [0.2, 0.25) is 0 Å². The number of allylic oxidation sites excluding steroid dienone is 1. The molecule has 0 saturated heterocycles. The smallest absolute Gasteiger partial charge is 0.380 e. The van der Waals surface area contributed by atoms with Crippen LogP contribution in [0.15, 0.2) is 36.0 Å². The average molecular weight is 246 g/mol. The highest BCUT2D eigenvalue weighted by Crippen LogP contribution is 2.45. The molecule has 1 aliphatic rings. The second-order valence-corrected chi connectivity index (χ2v) is 4.73. The van der Waals surface area contributed by atoms with Gasteiger partial charge in [-0.15, -0.1) is 0 Å². The van der Waals surface area contributed by atoms with Gasteiger partial charge in [0.05, 0.1) is 5.57 Å². The van der Waals surface area contributed by atoms with E-state index in [0.29, 0.717) is 18.4 Å². The Morgan fingerprint density at radius 2 is 2.00 bits per heavy atom. The van der Waals surface area contributed by atoms with Gasteiger partial charge in [-0.05, 0) is 32.8 Å². The van der Waals surface area contributed by atoms with E-state index in [0.717, 1.165) is 5.57 Å². The van der Waals surface area contributed by atoms with E-state index in [4.69, 9.17) is 0 Å². The third-order valence-corrected chi connectivity index (χ3v) is 3.25. The molecule has 0 aliphatic heterocycles. The molecule has 0 aromatic rings. The molecule has 96 valence electrons. The molecule has 0 spiro atoms. The van der Waals surface area contributed by atoms with E-state index in [1.54, 1.807) is 13.8 Å². The number of aliphatic hydroxyl groups is 1. The molecule has 1 nitrogen and oxygen atoms in total. The van der Waals surface area contributed by atoms with Crippen molar-refractivity contribution >= 4 is 0 Å². The summed E-state index contributed by atoms with van der Waals surface area (Å²) < 4.78 is 38.2. The fourth-order valence-corrected chi connectivity index (χ4v) is 2.29. The molecule has 0 amide bonds. The molecule has 0 unspecified atom stereocenters. The third kappa shape index (κ3) is 2.63. The van der Waals surface area contributed by atoms with Gasteiger partial charge >= 0.3 is 6.18 Å². The van der Waals surface area contributed by atoms with Gasteiger partial charge in [-0.3, -0.25) is 0 Å². The SMILES string of the molecule is C=C(C)[C@@H]1CCC(C)=C[C@@]1(O)C(=C)C(F)(F)F. The van der Waals surface area contributed by atoms with Gasteiger partial charge in [0.15, 0.2) is 0 Å². The van der Waals surface area contributed by atoms with E-state index < -0.39 is 23.3 Å². The first-order valence-electron chi connectivity index (χ1n) is 5.41. The van der Waals surface area contributed by atoms with Crippen molar-refractivity contribution in [3.63, 3.8) is 0 Å². The summed E-state index contributed by atoms with van der Waals surface area (Å²) in [5.41, 5.74) is -1.87. The highest BCUT2D eigenvalue weighted by Gasteiger charge is 2.50. The summed E-state index contributed by atoms with van der Waals surface area (Å²) in [5, 5.41) is 10.3. The van der Waals surface area contributed by atoms with Gasteiger partial charge in [-0.2, -0.15) is 13.2 Å². The van der Waals surface area contributed by atoms with Crippen LogP contribution in [0.1, 0.15) is 26.7 Å². The molecule has 1 aliphatic carbocycles. The van der Waals surface area contributed by atoms with Crippen LogP contribution in [0, 0.1) is 5.92 Å². The summed E-state index contributed by atoms with van der Waals surface area (Å²) in [6, 6.07) is 0. The highest BCUT2D eigenvalue weighted by atomic mass is 19.4. The van der Waals surface area contributed by atoms with Crippen LogP contribution in [0.5, 0.6) is 0 Å². The summed E-state index contributed by atoms with van der Waals surface area (Å²) in [7, 11) is 0. The van der Waals surface area contributed by atoms with Gasteiger partial charge in [-0.25, -0.2) is 0 Å². The first-order chi connectivity index (χ1) is 7.59. The standard InChI is InChI=1S/C13H17F3O/c1-8(2)11-6-5-9(3)7-12(11,17)10(4)13(14,15)16/h7,11,17H,1,4-6H2,2-3H3/t11-,12+/m0/s1.